The topological polar surface area (TPSA) is 97.0 Å². The minimum absolute atomic E-state index is 0.0670. The van der Waals surface area contributed by atoms with Crippen LogP contribution in [0.4, 0.5) is 0 Å². The van der Waals surface area contributed by atoms with Crippen LogP contribution in [0.5, 0.6) is 5.75 Å². The predicted molar refractivity (Wildman–Crippen MR) is 130 cm³/mol. The third-order valence-electron chi connectivity index (χ3n) is 7.89. The zero-order valence-electron chi connectivity index (χ0n) is 20.4. The maximum Gasteiger partial charge on any atom is 0.255 e. The largest absolute Gasteiger partial charge is 0.488 e. The van der Waals surface area contributed by atoms with E-state index >= 15 is 0 Å². The Morgan fingerprint density at radius 2 is 1.83 bits per heavy atom. The Balaban J connectivity index is 1.22. The number of allylic oxidation sites excluding steroid dienone is 1. The number of piperidine rings is 1. The van der Waals surface area contributed by atoms with Crippen molar-refractivity contribution in [2.75, 3.05) is 7.11 Å². The molecule has 8 heteroatoms. The van der Waals surface area contributed by atoms with Gasteiger partial charge in [0.2, 0.25) is 11.8 Å². The molecule has 2 saturated carbocycles. The first-order valence-electron chi connectivity index (χ1n) is 12.9. The van der Waals surface area contributed by atoms with Crippen molar-refractivity contribution < 1.29 is 23.9 Å². The normalized spacial score (nSPS) is 29.0. The molecular formula is C27H35N3O5. The molecule has 35 heavy (non-hydrogen) atoms. The summed E-state index contributed by atoms with van der Waals surface area (Å²) in [5, 5.41) is 6.00. The summed E-state index contributed by atoms with van der Waals surface area (Å²) in [6.45, 7) is 0.360. The van der Waals surface area contributed by atoms with Crippen LogP contribution in [0.15, 0.2) is 30.0 Å². The molecule has 2 unspecified atom stereocenters. The quantitative estimate of drug-likeness (QED) is 0.606. The summed E-state index contributed by atoms with van der Waals surface area (Å²) >= 11 is 0. The van der Waals surface area contributed by atoms with E-state index in [0.29, 0.717) is 24.6 Å². The summed E-state index contributed by atoms with van der Waals surface area (Å²) in [5.74, 6) is -0.0680. The lowest BCUT2D eigenvalue weighted by Crippen LogP contribution is -2.52. The molecule has 2 heterocycles. The van der Waals surface area contributed by atoms with Gasteiger partial charge < -0.3 is 19.7 Å². The fraction of sp³-hybridized carbons (Fsp3) is 0.593. The first kappa shape index (κ1) is 23.9. The zero-order valence-corrected chi connectivity index (χ0v) is 20.4. The second kappa shape index (κ2) is 10.4. The lowest BCUT2D eigenvalue weighted by molar-refractivity contribution is -0.136. The number of benzene rings is 1. The van der Waals surface area contributed by atoms with E-state index in [1.807, 2.05) is 12.1 Å². The number of nitrogens with one attached hydrogen (secondary N) is 2. The molecule has 2 N–H and O–H groups in total. The van der Waals surface area contributed by atoms with Crippen LogP contribution < -0.4 is 15.4 Å². The molecule has 3 atom stereocenters. The van der Waals surface area contributed by atoms with Gasteiger partial charge in [0.25, 0.3) is 5.91 Å². The summed E-state index contributed by atoms with van der Waals surface area (Å²) in [6, 6.07) is 5.26. The standard InChI is InChI=1S/C27H35N3O5/c1-34-19-8-6-17(7-9-19)15-28-22-4-2-3-5-24(22)35-20-10-11-21-18(14-20)16-30(27(21)33)23-12-13-25(31)29-26(23)32/h10-11,14-15,19,22-24,28H,2-9,12-13,16H2,1H3,(H,29,31,32)/t19?,22?,23?,24-/m0/s1. The summed E-state index contributed by atoms with van der Waals surface area (Å²) in [6.07, 6.45) is 12.0. The van der Waals surface area contributed by atoms with Crippen LogP contribution in [0.25, 0.3) is 0 Å². The summed E-state index contributed by atoms with van der Waals surface area (Å²) in [7, 11) is 1.79. The van der Waals surface area contributed by atoms with Gasteiger partial charge in [0.1, 0.15) is 17.9 Å². The first-order chi connectivity index (χ1) is 17.0. The number of imide groups is 1. The number of methoxy groups -OCH3 is 1. The van der Waals surface area contributed by atoms with Gasteiger partial charge in [0.05, 0.1) is 12.1 Å². The number of ether oxygens (including phenoxy) is 2. The van der Waals surface area contributed by atoms with E-state index in [4.69, 9.17) is 9.47 Å². The summed E-state index contributed by atoms with van der Waals surface area (Å²) in [5.41, 5.74) is 2.93. The van der Waals surface area contributed by atoms with Gasteiger partial charge in [-0.15, -0.1) is 0 Å². The minimum Gasteiger partial charge on any atom is -0.488 e. The third-order valence-corrected chi connectivity index (χ3v) is 7.89. The van der Waals surface area contributed by atoms with Crippen molar-refractivity contribution in [3.63, 3.8) is 0 Å². The van der Waals surface area contributed by atoms with E-state index in [1.54, 1.807) is 18.1 Å². The van der Waals surface area contributed by atoms with Crippen molar-refractivity contribution in [3.05, 3.63) is 41.1 Å². The molecule has 0 radical (unpaired) electrons. The molecule has 3 fully saturated rings. The van der Waals surface area contributed by atoms with Gasteiger partial charge in [0, 0.05) is 25.6 Å². The highest BCUT2D eigenvalue weighted by Gasteiger charge is 2.39. The minimum atomic E-state index is -0.601. The van der Waals surface area contributed by atoms with E-state index in [0.717, 1.165) is 56.3 Å². The van der Waals surface area contributed by atoms with Crippen molar-refractivity contribution in [1.29, 1.82) is 0 Å². The average molecular weight is 482 g/mol. The lowest BCUT2D eigenvalue weighted by atomic mass is 9.91. The molecule has 3 amide bonds. The van der Waals surface area contributed by atoms with E-state index in [1.165, 1.54) is 12.0 Å². The second-order valence-electron chi connectivity index (χ2n) is 10.2. The molecular weight excluding hydrogens is 446 g/mol. The molecule has 2 aliphatic carbocycles. The lowest BCUT2D eigenvalue weighted by Gasteiger charge is -2.33. The molecule has 2 aliphatic heterocycles. The Morgan fingerprint density at radius 3 is 2.60 bits per heavy atom. The Bertz CT molecular complexity index is 1010. The number of carbonyl (C=O) groups is 3. The molecule has 0 aromatic heterocycles. The van der Waals surface area contributed by atoms with E-state index < -0.39 is 6.04 Å². The number of hydrogen-bond donors (Lipinski definition) is 2. The molecule has 4 aliphatic rings. The Morgan fingerprint density at radius 1 is 1.03 bits per heavy atom. The maximum absolute atomic E-state index is 12.9. The number of nitrogens with zero attached hydrogens (tertiary/aromatic N) is 1. The van der Waals surface area contributed by atoms with Crippen molar-refractivity contribution in [2.45, 2.75) is 95.0 Å². The van der Waals surface area contributed by atoms with Gasteiger partial charge >= 0.3 is 0 Å². The first-order valence-corrected chi connectivity index (χ1v) is 12.9. The monoisotopic (exact) mass is 481 g/mol. The number of carbonyl (C=O) groups excluding carboxylic acids is 3. The van der Waals surface area contributed by atoms with Gasteiger partial charge in [-0.25, -0.2) is 0 Å². The summed E-state index contributed by atoms with van der Waals surface area (Å²) < 4.78 is 11.9. The van der Waals surface area contributed by atoms with Crippen molar-refractivity contribution in [3.8, 4) is 5.75 Å². The highest BCUT2D eigenvalue weighted by Crippen LogP contribution is 2.32. The van der Waals surface area contributed by atoms with Crippen LogP contribution in [0.2, 0.25) is 0 Å². The summed E-state index contributed by atoms with van der Waals surface area (Å²) in [4.78, 5) is 38.3. The van der Waals surface area contributed by atoms with Crippen LogP contribution in [0.1, 0.15) is 80.1 Å². The second-order valence-corrected chi connectivity index (χ2v) is 10.2. The Labute approximate surface area is 206 Å². The number of rotatable bonds is 6. The van der Waals surface area contributed by atoms with Crippen LogP contribution in [0.3, 0.4) is 0 Å². The molecule has 5 rings (SSSR count). The van der Waals surface area contributed by atoms with Crippen LogP contribution in [-0.2, 0) is 20.9 Å². The highest BCUT2D eigenvalue weighted by atomic mass is 16.5. The zero-order chi connectivity index (χ0) is 24.4. The average Bonchev–Trinajstić information content (AvgIpc) is 3.19. The van der Waals surface area contributed by atoms with Gasteiger partial charge in [-0.3, -0.25) is 19.7 Å². The van der Waals surface area contributed by atoms with Gasteiger partial charge in [-0.1, -0.05) is 12.0 Å². The van der Waals surface area contributed by atoms with Gasteiger partial charge in [0.15, 0.2) is 0 Å². The molecule has 1 saturated heterocycles. The van der Waals surface area contributed by atoms with Crippen LogP contribution in [0, 0.1) is 0 Å². The molecule has 8 nitrogen and oxygen atoms in total. The van der Waals surface area contributed by atoms with E-state index in [9.17, 15) is 14.4 Å². The number of fused-ring (bicyclic) bond motifs is 1. The van der Waals surface area contributed by atoms with Gasteiger partial charge in [-0.05, 0) is 81.3 Å². The molecule has 0 bridgehead atoms. The Kier molecular flexibility index (Phi) is 7.09. The third kappa shape index (κ3) is 5.22. The predicted octanol–water partition coefficient (Wildman–Crippen LogP) is 3.20. The fourth-order valence-electron chi connectivity index (χ4n) is 5.79. The van der Waals surface area contributed by atoms with Crippen LogP contribution in [-0.4, -0.2) is 54.0 Å². The van der Waals surface area contributed by atoms with Gasteiger partial charge in [-0.2, -0.15) is 0 Å². The van der Waals surface area contributed by atoms with E-state index in [-0.39, 0.29) is 36.3 Å². The maximum atomic E-state index is 12.9. The highest BCUT2D eigenvalue weighted by molar-refractivity contribution is 6.05. The smallest absolute Gasteiger partial charge is 0.255 e. The molecule has 188 valence electrons. The van der Waals surface area contributed by atoms with Crippen molar-refractivity contribution >= 4 is 17.7 Å². The van der Waals surface area contributed by atoms with Crippen LogP contribution >= 0.6 is 0 Å². The molecule has 0 spiro atoms. The molecule has 1 aromatic carbocycles. The molecule has 1 aromatic rings. The van der Waals surface area contributed by atoms with E-state index in [2.05, 4.69) is 16.8 Å². The van der Waals surface area contributed by atoms with Crippen molar-refractivity contribution in [1.82, 2.24) is 15.5 Å². The number of amides is 3. The fourth-order valence-corrected chi connectivity index (χ4v) is 5.79. The van der Waals surface area contributed by atoms with Crippen molar-refractivity contribution in [2.24, 2.45) is 0 Å². The number of hydrogen-bond acceptors (Lipinski definition) is 6. The SMILES string of the molecule is COC1CCC(=CNC2CCCC[C@@H]2Oc2ccc3c(c2)CN(C2CCC(=O)NC2=O)C3=O)CC1. The Hall–Kier alpha value is -2.87.